The summed E-state index contributed by atoms with van der Waals surface area (Å²) in [6, 6.07) is 0. The average Bonchev–Trinajstić information content (AvgIpc) is 2.16. The average molecular weight is 207 g/mol. The number of carbonyl (C=O) groups is 1. The molecule has 14 heavy (non-hydrogen) atoms. The summed E-state index contributed by atoms with van der Waals surface area (Å²) in [4.78, 5) is 10.9. The number of ether oxygens (including phenoxy) is 1. The molecule has 3 atom stereocenters. The number of nitrogens with two attached hydrogens (primary N) is 1. The molecule has 0 fully saturated rings. The van der Waals surface area contributed by atoms with Crippen LogP contribution in [0.2, 0.25) is 0 Å². The second-order valence-corrected chi connectivity index (χ2v) is 3.21. The van der Waals surface area contributed by atoms with Crippen molar-refractivity contribution in [2.24, 2.45) is 5.73 Å². The van der Waals surface area contributed by atoms with Crippen LogP contribution in [0, 0.1) is 0 Å². The van der Waals surface area contributed by atoms with Crippen LogP contribution in [-0.4, -0.2) is 45.8 Å². The molecule has 0 radical (unpaired) electrons. The van der Waals surface area contributed by atoms with Crippen molar-refractivity contribution in [2.45, 2.75) is 38.2 Å². The molecule has 0 rings (SSSR count). The fourth-order valence-electron chi connectivity index (χ4n) is 0.690. The lowest BCUT2D eigenvalue weighted by Crippen LogP contribution is -2.55. The van der Waals surface area contributed by atoms with Crippen LogP contribution in [0.25, 0.3) is 0 Å². The van der Waals surface area contributed by atoms with Gasteiger partial charge in [0.15, 0.2) is 0 Å². The van der Waals surface area contributed by atoms with Gasteiger partial charge in [0.2, 0.25) is 6.29 Å². The first-order valence-electron chi connectivity index (χ1n) is 4.33. The van der Waals surface area contributed by atoms with Gasteiger partial charge in [0, 0.05) is 0 Å². The molecule has 0 heterocycles. The normalized spacial score (nSPS) is 19.6. The summed E-state index contributed by atoms with van der Waals surface area (Å²) in [5.74, 6) is -0.978. The van der Waals surface area contributed by atoms with Gasteiger partial charge in [-0.2, -0.15) is 0 Å². The zero-order valence-corrected chi connectivity index (χ0v) is 8.30. The Morgan fingerprint density at radius 3 is 2.36 bits per heavy atom. The first kappa shape index (κ1) is 13.3. The molecule has 0 aliphatic rings. The van der Waals surface area contributed by atoms with Crippen molar-refractivity contribution in [1.82, 2.24) is 0 Å². The Balaban J connectivity index is 4.32. The molecule has 0 spiro atoms. The number of rotatable bonds is 5. The van der Waals surface area contributed by atoms with Gasteiger partial charge in [0.25, 0.3) is 0 Å². The highest BCUT2D eigenvalue weighted by Crippen LogP contribution is 2.13. The lowest BCUT2D eigenvalue weighted by atomic mass is 9.98. The molecule has 0 saturated carbocycles. The standard InChI is InChI=1S/C8H17NO5/c1-3-8(9,4-10)7(13)14-6(12)5(2)11/h5,7,10-11,13H,3-4,9H2,1-2H3. The maximum Gasteiger partial charge on any atom is 0.337 e. The number of aliphatic hydroxyl groups excluding tert-OH is 3. The van der Waals surface area contributed by atoms with Crippen molar-refractivity contribution in [3.63, 3.8) is 0 Å². The Bertz CT molecular complexity index is 190. The molecule has 0 aromatic carbocycles. The van der Waals surface area contributed by atoms with Gasteiger partial charge >= 0.3 is 5.97 Å². The fourth-order valence-corrected chi connectivity index (χ4v) is 0.690. The highest BCUT2D eigenvalue weighted by molar-refractivity contribution is 5.73. The predicted octanol–water partition coefficient (Wildman–Crippen LogP) is -1.67. The van der Waals surface area contributed by atoms with Crippen molar-refractivity contribution in [2.75, 3.05) is 6.61 Å². The Morgan fingerprint density at radius 1 is 1.57 bits per heavy atom. The quantitative estimate of drug-likeness (QED) is 0.316. The number of hydrogen-bond donors (Lipinski definition) is 4. The molecule has 6 heteroatoms. The van der Waals surface area contributed by atoms with E-state index in [9.17, 15) is 9.90 Å². The number of carbonyl (C=O) groups excluding carboxylic acids is 1. The lowest BCUT2D eigenvalue weighted by Gasteiger charge is -2.30. The van der Waals surface area contributed by atoms with E-state index >= 15 is 0 Å². The van der Waals surface area contributed by atoms with E-state index in [1.807, 2.05) is 0 Å². The van der Waals surface area contributed by atoms with Gasteiger partial charge in [-0.25, -0.2) is 4.79 Å². The Hall–Kier alpha value is -0.690. The maximum atomic E-state index is 10.9. The zero-order valence-electron chi connectivity index (χ0n) is 8.30. The van der Waals surface area contributed by atoms with E-state index < -0.39 is 30.5 Å². The molecule has 0 aliphatic heterocycles. The molecule has 84 valence electrons. The SMILES string of the molecule is CCC(N)(CO)C(O)OC(=O)C(C)O. The largest absolute Gasteiger partial charge is 0.432 e. The van der Waals surface area contributed by atoms with E-state index in [4.69, 9.17) is 15.9 Å². The minimum Gasteiger partial charge on any atom is -0.432 e. The smallest absolute Gasteiger partial charge is 0.337 e. The molecular weight excluding hydrogens is 190 g/mol. The van der Waals surface area contributed by atoms with Crippen molar-refractivity contribution in [3.8, 4) is 0 Å². The topological polar surface area (TPSA) is 113 Å². The summed E-state index contributed by atoms with van der Waals surface area (Å²) in [7, 11) is 0. The molecule has 3 unspecified atom stereocenters. The summed E-state index contributed by atoms with van der Waals surface area (Å²) in [6.45, 7) is 2.32. The Labute approximate surface area is 82.3 Å². The third kappa shape index (κ3) is 3.22. The first-order chi connectivity index (χ1) is 6.37. The van der Waals surface area contributed by atoms with Gasteiger partial charge < -0.3 is 25.8 Å². The van der Waals surface area contributed by atoms with Gasteiger partial charge in [-0.15, -0.1) is 0 Å². The van der Waals surface area contributed by atoms with E-state index in [0.29, 0.717) is 0 Å². The maximum absolute atomic E-state index is 10.9. The van der Waals surface area contributed by atoms with Crippen LogP contribution in [0.1, 0.15) is 20.3 Å². The fraction of sp³-hybridized carbons (Fsp3) is 0.875. The minimum atomic E-state index is -1.63. The van der Waals surface area contributed by atoms with E-state index in [-0.39, 0.29) is 6.42 Å². The predicted molar refractivity (Wildman–Crippen MR) is 48.1 cm³/mol. The van der Waals surface area contributed by atoms with E-state index in [1.54, 1.807) is 6.92 Å². The molecular formula is C8H17NO5. The molecule has 6 nitrogen and oxygen atoms in total. The molecule has 0 aromatic rings. The van der Waals surface area contributed by atoms with E-state index in [0.717, 1.165) is 0 Å². The van der Waals surface area contributed by atoms with Crippen molar-refractivity contribution >= 4 is 5.97 Å². The van der Waals surface area contributed by atoms with Crippen LogP contribution >= 0.6 is 0 Å². The van der Waals surface area contributed by atoms with Crippen LogP contribution < -0.4 is 5.73 Å². The molecule has 0 saturated heterocycles. The van der Waals surface area contributed by atoms with Crippen molar-refractivity contribution < 1.29 is 24.9 Å². The number of aliphatic hydroxyl groups is 3. The first-order valence-corrected chi connectivity index (χ1v) is 4.33. The van der Waals surface area contributed by atoms with Gasteiger partial charge in [-0.05, 0) is 13.3 Å². The van der Waals surface area contributed by atoms with Crippen LogP contribution in [0.5, 0.6) is 0 Å². The second kappa shape index (κ2) is 5.26. The van der Waals surface area contributed by atoms with Crippen LogP contribution in [0.4, 0.5) is 0 Å². The molecule has 0 amide bonds. The van der Waals surface area contributed by atoms with Gasteiger partial charge in [-0.3, -0.25) is 0 Å². The van der Waals surface area contributed by atoms with Crippen molar-refractivity contribution in [3.05, 3.63) is 0 Å². The molecule has 0 aromatic heterocycles. The molecule has 5 N–H and O–H groups in total. The van der Waals surface area contributed by atoms with Crippen LogP contribution in [0.3, 0.4) is 0 Å². The lowest BCUT2D eigenvalue weighted by molar-refractivity contribution is -0.191. The Morgan fingerprint density at radius 2 is 2.07 bits per heavy atom. The summed E-state index contributed by atoms with van der Waals surface area (Å²) >= 11 is 0. The highest BCUT2D eigenvalue weighted by atomic mass is 16.6. The van der Waals surface area contributed by atoms with Crippen LogP contribution in [0.15, 0.2) is 0 Å². The van der Waals surface area contributed by atoms with E-state index in [1.165, 1.54) is 6.92 Å². The third-order valence-electron chi connectivity index (χ3n) is 2.01. The number of hydrogen-bond acceptors (Lipinski definition) is 6. The van der Waals surface area contributed by atoms with Crippen LogP contribution in [-0.2, 0) is 9.53 Å². The van der Waals surface area contributed by atoms with Gasteiger partial charge in [0.1, 0.15) is 11.6 Å². The van der Waals surface area contributed by atoms with Crippen molar-refractivity contribution in [1.29, 1.82) is 0 Å². The van der Waals surface area contributed by atoms with Gasteiger partial charge in [-0.1, -0.05) is 6.92 Å². The summed E-state index contributed by atoms with van der Waals surface area (Å²) < 4.78 is 4.44. The minimum absolute atomic E-state index is 0.234. The molecule has 0 bridgehead atoms. The highest BCUT2D eigenvalue weighted by Gasteiger charge is 2.35. The third-order valence-corrected chi connectivity index (χ3v) is 2.01. The second-order valence-electron chi connectivity index (χ2n) is 3.21. The summed E-state index contributed by atoms with van der Waals surface area (Å²) in [6.07, 6.45) is -2.72. The monoisotopic (exact) mass is 207 g/mol. The summed E-state index contributed by atoms with van der Waals surface area (Å²) in [5.41, 5.74) is 4.15. The zero-order chi connectivity index (χ0) is 11.4. The molecule has 0 aliphatic carbocycles. The van der Waals surface area contributed by atoms with Gasteiger partial charge in [0.05, 0.1) is 6.61 Å². The Kier molecular flexibility index (Phi) is 5.00. The van der Waals surface area contributed by atoms with E-state index in [2.05, 4.69) is 4.74 Å². The number of esters is 1. The summed E-state index contributed by atoms with van der Waals surface area (Å²) in [5, 5.41) is 27.0.